The van der Waals surface area contributed by atoms with Gasteiger partial charge >= 0.3 is 0 Å². The second-order valence-electron chi connectivity index (χ2n) is 9.30. The molecule has 6 heteroatoms. The lowest BCUT2D eigenvalue weighted by Crippen LogP contribution is -2.68. The second-order valence-corrected chi connectivity index (χ2v) is 9.30. The number of likely N-dealkylation sites (tertiary alicyclic amines) is 1. The average molecular weight is 476 g/mol. The molecule has 0 spiro atoms. The zero-order valence-electron chi connectivity index (χ0n) is 16.7. The number of guanidine groups is 1. The molecular weight excluding hydrogens is 439 g/mol. The lowest BCUT2D eigenvalue weighted by Gasteiger charge is -2.55. The summed E-state index contributed by atoms with van der Waals surface area (Å²) in [6.45, 7) is 9.27. The fourth-order valence-corrected chi connectivity index (χ4v) is 5.80. The molecule has 2 aliphatic carbocycles. The highest BCUT2D eigenvalue weighted by atomic mass is 127. The third kappa shape index (κ3) is 4.02. The first kappa shape index (κ1) is 20.6. The van der Waals surface area contributed by atoms with E-state index in [0.29, 0.717) is 24.1 Å². The second kappa shape index (κ2) is 8.52. The van der Waals surface area contributed by atoms with E-state index in [0.717, 1.165) is 18.5 Å². The smallest absolute Gasteiger partial charge is 0.191 e. The third-order valence-electron chi connectivity index (χ3n) is 7.22. The molecule has 2 N–H and O–H groups in total. The number of ether oxygens (including phenoxy) is 1. The standard InChI is InChI=1S/C20H36N4O.HI/c1-20(2)17(16-9-11-25-18(16)20)23-19(21-3)22-15-8-10-24(13-15)12-14-6-4-5-7-14;/h14-18H,4-13H2,1-3H3,(H2,21,22,23);1H. The van der Waals surface area contributed by atoms with Gasteiger partial charge in [-0.3, -0.25) is 4.99 Å². The van der Waals surface area contributed by atoms with E-state index < -0.39 is 0 Å². The van der Waals surface area contributed by atoms with Crippen LogP contribution in [0.25, 0.3) is 0 Å². The zero-order valence-corrected chi connectivity index (χ0v) is 19.0. The number of rotatable bonds is 4. The average Bonchev–Trinajstić information content (AvgIpc) is 3.33. The number of fused-ring (bicyclic) bond motifs is 1. The van der Waals surface area contributed by atoms with E-state index in [2.05, 4.69) is 34.4 Å². The van der Waals surface area contributed by atoms with Gasteiger partial charge in [-0.15, -0.1) is 24.0 Å². The molecule has 5 nitrogen and oxygen atoms in total. The highest BCUT2D eigenvalue weighted by molar-refractivity contribution is 14.0. The minimum Gasteiger partial charge on any atom is -0.377 e. The maximum atomic E-state index is 5.92. The Kier molecular flexibility index (Phi) is 6.76. The van der Waals surface area contributed by atoms with Crippen molar-refractivity contribution in [3.05, 3.63) is 0 Å². The summed E-state index contributed by atoms with van der Waals surface area (Å²) in [6, 6.07) is 1.01. The van der Waals surface area contributed by atoms with E-state index in [-0.39, 0.29) is 29.4 Å². The first-order valence-corrected chi connectivity index (χ1v) is 10.4. The van der Waals surface area contributed by atoms with Crippen LogP contribution in [0.3, 0.4) is 0 Å². The summed E-state index contributed by atoms with van der Waals surface area (Å²) in [6.07, 6.45) is 8.62. The fourth-order valence-electron chi connectivity index (χ4n) is 5.80. The third-order valence-corrected chi connectivity index (χ3v) is 7.22. The molecule has 26 heavy (non-hydrogen) atoms. The van der Waals surface area contributed by atoms with E-state index in [1.807, 2.05) is 7.05 Å². The molecule has 4 fully saturated rings. The molecule has 0 amide bonds. The Bertz CT molecular complexity index is 506. The predicted molar refractivity (Wildman–Crippen MR) is 117 cm³/mol. The van der Waals surface area contributed by atoms with E-state index in [4.69, 9.17) is 4.74 Å². The van der Waals surface area contributed by atoms with Crippen molar-refractivity contribution in [2.75, 3.05) is 33.3 Å². The first-order chi connectivity index (χ1) is 12.1. The van der Waals surface area contributed by atoms with E-state index in [9.17, 15) is 0 Å². The molecule has 0 aromatic rings. The van der Waals surface area contributed by atoms with Gasteiger partial charge in [0.05, 0.1) is 6.10 Å². The fraction of sp³-hybridized carbons (Fsp3) is 0.950. The topological polar surface area (TPSA) is 48.9 Å². The van der Waals surface area contributed by atoms with Gasteiger partial charge < -0.3 is 20.3 Å². The molecule has 4 unspecified atom stereocenters. The predicted octanol–water partition coefficient (Wildman–Crippen LogP) is 2.85. The molecule has 0 aromatic heterocycles. The van der Waals surface area contributed by atoms with Gasteiger partial charge in [0.2, 0.25) is 0 Å². The molecular formula is C20H37IN4O. The molecule has 4 aliphatic rings. The Morgan fingerprint density at radius 2 is 1.92 bits per heavy atom. The first-order valence-electron chi connectivity index (χ1n) is 10.4. The normalized spacial score (nSPS) is 37.1. The van der Waals surface area contributed by atoms with Crippen molar-refractivity contribution >= 4 is 29.9 Å². The number of halogens is 1. The number of nitrogens with zero attached hydrogens (tertiary/aromatic N) is 2. The van der Waals surface area contributed by atoms with Crippen molar-refractivity contribution in [2.45, 2.75) is 70.6 Å². The Morgan fingerprint density at radius 3 is 2.65 bits per heavy atom. The number of nitrogens with one attached hydrogen (secondary N) is 2. The van der Waals surface area contributed by atoms with Crippen LogP contribution in [0.2, 0.25) is 0 Å². The van der Waals surface area contributed by atoms with Crippen molar-refractivity contribution in [3.8, 4) is 0 Å². The minimum atomic E-state index is 0. The lowest BCUT2D eigenvalue weighted by molar-refractivity contribution is -0.106. The zero-order chi connectivity index (χ0) is 17.4. The largest absolute Gasteiger partial charge is 0.377 e. The summed E-state index contributed by atoms with van der Waals surface area (Å²) < 4.78 is 5.92. The summed E-state index contributed by atoms with van der Waals surface area (Å²) in [7, 11) is 1.90. The van der Waals surface area contributed by atoms with Crippen LogP contribution < -0.4 is 10.6 Å². The Morgan fingerprint density at radius 1 is 1.15 bits per heavy atom. The number of hydrogen-bond donors (Lipinski definition) is 2. The van der Waals surface area contributed by atoms with Gasteiger partial charge in [0.1, 0.15) is 0 Å². The quantitative estimate of drug-likeness (QED) is 0.372. The van der Waals surface area contributed by atoms with Crippen LogP contribution in [0.5, 0.6) is 0 Å². The van der Waals surface area contributed by atoms with E-state index in [1.165, 1.54) is 58.2 Å². The SMILES string of the molecule is CN=C(NC1CCN(CC2CCCC2)C1)NC1C2CCOC2C1(C)C.I. The van der Waals surface area contributed by atoms with Crippen LogP contribution in [0.1, 0.15) is 52.4 Å². The van der Waals surface area contributed by atoms with Crippen LogP contribution >= 0.6 is 24.0 Å². The van der Waals surface area contributed by atoms with Crippen molar-refractivity contribution in [2.24, 2.45) is 22.2 Å². The monoisotopic (exact) mass is 476 g/mol. The Balaban J connectivity index is 0.00000196. The maximum absolute atomic E-state index is 5.92. The van der Waals surface area contributed by atoms with Crippen molar-refractivity contribution in [3.63, 3.8) is 0 Å². The van der Waals surface area contributed by atoms with Gasteiger partial charge in [0.15, 0.2) is 5.96 Å². The summed E-state index contributed by atoms with van der Waals surface area (Å²) >= 11 is 0. The minimum absolute atomic E-state index is 0. The molecule has 2 saturated heterocycles. The van der Waals surface area contributed by atoms with Crippen molar-refractivity contribution < 1.29 is 4.74 Å². The van der Waals surface area contributed by atoms with Gasteiger partial charge in [-0.05, 0) is 31.6 Å². The molecule has 2 saturated carbocycles. The van der Waals surface area contributed by atoms with E-state index in [1.54, 1.807) is 0 Å². The van der Waals surface area contributed by atoms with Crippen molar-refractivity contribution in [1.82, 2.24) is 15.5 Å². The van der Waals surface area contributed by atoms with Crippen LogP contribution in [0, 0.1) is 17.3 Å². The van der Waals surface area contributed by atoms with Gasteiger partial charge in [0, 0.05) is 56.7 Å². The van der Waals surface area contributed by atoms with Gasteiger partial charge in [0.25, 0.3) is 0 Å². The van der Waals surface area contributed by atoms with E-state index >= 15 is 0 Å². The molecule has 2 heterocycles. The molecule has 0 aromatic carbocycles. The van der Waals surface area contributed by atoms with Gasteiger partial charge in [-0.1, -0.05) is 26.7 Å². The summed E-state index contributed by atoms with van der Waals surface area (Å²) in [4.78, 5) is 7.18. The molecule has 4 rings (SSSR count). The number of aliphatic imine (C=N–C) groups is 1. The highest BCUT2D eigenvalue weighted by Crippen LogP contribution is 2.52. The Labute approximate surface area is 176 Å². The lowest BCUT2D eigenvalue weighted by atomic mass is 9.57. The van der Waals surface area contributed by atoms with Crippen molar-refractivity contribution in [1.29, 1.82) is 0 Å². The molecule has 0 radical (unpaired) electrons. The maximum Gasteiger partial charge on any atom is 0.191 e. The molecule has 4 atom stereocenters. The van der Waals surface area contributed by atoms with Crippen LogP contribution in [0.4, 0.5) is 0 Å². The van der Waals surface area contributed by atoms with Gasteiger partial charge in [-0.25, -0.2) is 0 Å². The summed E-state index contributed by atoms with van der Waals surface area (Å²) in [5.41, 5.74) is 0.197. The molecule has 2 aliphatic heterocycles. The Hall–Kier alpha value is -0.0800. The van der Waals surface area contributed by atoms with Crippen LogP contribution in [-0.4, -0.2) is 62.3 Å². The van der Waals surface area contributed by atoms with Crippen LogP contribution in [0.15, 0.2) is 4.99 Å². The number of hydrogen-bond acceptors (Lipinski definition) is 3. The van der Waals surface area contributed by atoms with Gasteiger partial charge in [-0.2, -0.15) is 0 Å². The highest BCUT2D eigenvalue weighted by Gasteiger charge is 2.59. The summed E-state index contributed by atoms with van der Waals surface area (Å²) in [5.74, 6) is 2.58. The molecule has 150 valence electrons. The summed E-state index contributed by atoms with van der Waals surface area (Å²) in [5, 5.41) is 7.41. The van der Waals surface area contributed by atoms with Crippen LogP contribution in [-0.2, 0) is 4.74 Å². The molecule has 0 bridgehead atoms.